The number of benzene rings is 1. The maximum atomic E-state index is 12.9. The molecule has 0 N–H and O–H groups in total. The molecule has 0 saturated carbocycles. The highest BCUT2D eigenvalue weighted by Gasteiger charge is 2.37. The summed E-state index contributed by atoms with van der Waals surface area (Å²) < 4.78 is 1.15. The minimum atomic E-state index is -0.409. The van der Waals surface area contributed by atoms with E-state index in [-0.39, 0.29) is 17.7 Å². The minimum Gasteiger partial charge on any atom is -0.279 e. The molecule has 0 spiro atoms. The van der Waals surface area contributed by atoms with Gasteiger partial charge in [-0.15, -0.1) is 15.3 Å². The highest BCUT2D eigenvalue weighted by Crippen LogP contribution is 2.43. The van der Waals surface area contributed by atoms with E-state index in [0.29, 0.717) is 22.0 Å². The molecule has 4 rings (SSSR count). The molecule has 3 aromatic rings. The Morgan fingerprint density at radius 3 is 2.46 bits per heavy atom. The zero-order chi connectivity index (χ0) is 19.8. The predicted octanol–water partition coefficient (Wildman–Crippen LogP) is 4.04. The summed E-state index contributed by atoms with van der Waals surface area (Å²) in [6, 6.07) is 9.78. The van der Waals surface area contributed by atoms with Crippen molar-refractivity contribution >= 4 is 46.5 Å². The molecule has 2 bridgehead atoms. The zero-order valence-corrected chi connectivity index (χ0v) is 15.7. The number of nitrogens with zero attached hydrogens (tertiary/aromatic N) is 7. The lowest BCUT2D eigenvalue weighted by molar-refractivity contribution is 0.0947. The van der Waals surface area contributed by atoms with Gasteiger partial charge in [0.15, 0.2) is 17.3 Å². The fourth-order valence-corrected chi connectivity index (χ4v) is 2.98. The largest absolute Gasteiger partial charge is 0.330 e. The molecule has 0 aliphatic carbocycles. The molecular weight excluding hydrogens is 382 g/mol. The van der Waals surface area contributed by atoms with E-state index < -0.39 is 5.91 Å². The zero-order valence-electron chi connectivity index (χ0n) is 14.9. The number of amides is 2. The lowest BCUT2D eigenvalue weighted by Gasteiger charge is -2.26. The Balaban J connectivity index is 1.85. The first-order chi connectivity index (χ1) is 13.5. The number of aromatic nitrogens is 3. The predicted molar refractivity (Wildman–Crippen MR) is 104 cm³/mol. The van der Waals surface area contributed by atoms with Crippen molar-refractivity contribution in [3.63, 3.8) is 0 Å². The molecular formula is C18H14ClN7O2. The monoisotopic (exact) mass is 395 g/mol. The van der Waals surface area contributed by atoms with E-state index in [1.54, 1.807) is 50.5 Å². The minimum absolute atomic E-state index is 0.232. The van der Waals surface area contributed by atoms with Gasteiger partial charge < -0.3 is 0 Å². The number of rotatable bonds is 3. The normalized spacial score (nSPS) is 13.5. The second kappa shape index (κ2) is 6.86. The number of anilines is 2. The van der Waals surface area contributed by atoms with Crippen LogP contribution >= 0.6 is 11.6 Å². The molecule has 1 aliphatic rings. The van der Waals surface area contributed by atoms with Crippen molar-refractivity contribution in [3.8, 4) is 0 Å². The third kappa shape index (κ3) is 2.81. The first kappa shape index (κ1) is 17.8. The molecule has 0 radical (unpaired) electrons. The molecule has 0 fully saturated rings. The van der Waals surface area contributed by atoms with Crippen molar-refractivity contribution in [2.75, 3.05) is 23.9 Å². The van der Waals surface area contributed by atoms with Crippen molar-refractivity contribution < 1.29 is 9.59 Å². The molecule has 0 saturated heterocycles. The van der Waals surface area contributed by atoms with E-state index >= 15 is 0 Å². The molecule has 28 heavy (non-hydrogen) atoms. The number of hydrogen-bond acceptors (Lipinski definition) is 6. The van der Waals surface area contributed by atoms with Gasteiger partial charge in [0.05, 0.1) is 5.02 Å². The fourth-order valence-electron chi connectivity index (χ4n) is 2.81. The van der Waals surface area contributed by atoms with Gasteiger partial charge in [-0.3, -0.25) is 19.6 Å². The Hall–Kier alpha value is -3.59. The summed E-state index contributed by atoms with van der Waals surface area (Å²) in [7, 11) is 3.10. The van der Waals surface area contributed by atoms with Gasteiger partial charge in [0.1, 0.15) is 5.69 Å². The van der Waals surface area contributed by atoms with Gasteiger partial charge in [-0.25, -0.2) is 4.79 Å². The summed E-state index contributed by atoms with van der Waals surface area (Å²) in [6.07, 6.45) is 3.02. The number of fused-ring (bicyclic) bond motifs is 2. The van der Waals surface area contributed by atoms with Crippen LogP contribution in [-0.4, -0.2) is 40.8 Å². The van der Waals surface area contributed by atoms with E-state index in [9.17, 15) is 9.59 Å². The smallest absolute Gasteiger partial charge is 0.279 e. The van der Waals surface area contributed by atoms with Crippen molar-refractivity contribution in [1.29, 1.82) is 0 Å². The molecule has 2 aromatic heterocycles. The molecule has 10 heteroatoms. The van der Waals surface area contributed by atoms with E-state index in [0.717, 1.165) is 4.68 Å². The van der Waals surface area contributed by atoms with Crippen molar-refractivity contribution in [1.82, 2.24) is 14.8 Å². The number of halogens is 1. The average Bonchev–Trinajstić information content (AvgIpc) is 3.06. The Bertz CT molecular complexity index is 1110. The summed E-state index contributed by atoms with van der Waals surface area (Å²) in [6.45, 7) is 0. The molecule has 0 unspecified atom stereocenters. The fraction of sp³-hybridized carbons (Fsp3) is 0.111. The van der Waals surface area contributed by atoms with E-state index in [4.69, 9.17) is 11.6 Å². The van der Waals surface area contributed by atoms with Gasteiger partial charge in [0.25, 0.3) is 5.91 Å². The molecule has 9 nitrogen and oxygen atoms in total. The van der Waals surface area contributed by atoms with Crippen molar-refractivity contribution in [2.24, 2.45) is 10.2 Å². The topological polar surface area (TPSA) is 96.0 Å². The quantitative estimate of drug-likeness (QED) is 0.625. The molecule has 2 amide bonds. The number of pyridine rings is 1. The summed E-state index contributed by atoms with van der Waals surface area (Å²) in [5.74, 6) is 0.0554. The summed E-state index contributed by atoms with van der Waals surface area (Å²) >= 11 is 6.12. The third-order valence-electron chi connectivity index (χ3n) is 4.26. The van der Waals surface area contributed by atoms with Gasteiger partial charge in [0.2, 0.25) is 0 Å². The number of azo groups is 1. The highest BCUT2D eigenvalue weighted by molar-refractivity contribution is 6.32. The second-order valence-corrected chi connectivity index (χ2v) is 6.41. The standard InChI is InChI=1S/C18H14ClN7O2/c1-24-15-14(22-21-13-6-4-3-5-12(13)19)16(25(2)18(24)28)26(23-15)17(27)11-7-9-20-10-8-11/h3-10H,1-2H3. The number of carbonyl (C=O) groups excluding carboxylic acids is 2. The SMILES string of the molecule is CN1C(=O)N(C)c2c(N=Nc3ccccc3Cl)c1nn2C(=O)c1ccncc1. The summed E-state index contributed by atoms with van der Waals surface area (Å²) in [5.41, 5.74) is 1.14. The van der Waals surface area contributed by atoms with Gasteiger partial charge in [-0.05, 0) is 24.3 Å². The number of carbonyl (C=O) groups is 2. The number of urea groups is 1. The first-order valence-electron chi connectivity index (χ1n) is 8.24. The lowest BCUT2D eigenvalue weighted by atomic mass is 10.2. The highest BCUT2D eigenvalue weighted by atomic mass is 35.5. The molecule has 140 valence electrons. The molecule has 1 aromatic carbocycles. The lowest BCUT2D eigenvalue weighted by Crippen LogP contribution is -2.41. The second-order valence-electron chi connectivity index (χ2n) is 6.00. The third-order valence-corrected chi connectivity index (χ3v) is 4.58. The Kier molecular flexibility index (Phi) is 4.36. The Labute approximate surface area is 164 Å². The van der Waals surface area contributed by atoms with Crippen LogP contribution in [0.15, 0.2) is 59.0 Å². The first-order valence-corrected chi connectivity index (χ1v) is 8.62. The van der Waals surface area contributed by atoms with Crippen LogP contribution < -0.4 is 9.80 Å². The Morgan fingerprint density at radius 1 is 1.04 bits per heavy atom. The van der Waals surface area contributed by atoms with Crippen LogP contribution in [-0.2, 0) is 0 Å². The van der Waals surface area contributed by atoms with E-state index in [2.05, 4.69) is 20.3 Å². The van der Waals surface area contributed by atoms with Crippen LogP contribution in [0.1, 0.15) is 10.4 Å². The number of hydrogen-bond donors (Lipinski definition) is 0. The van der Waals surface area contributed by atoms with E-state index in [1.807, 2.05) is 0 Å². The van der Waals surface area contributed by atoms with Crippen molar-refractivity contribution in [2.45, 2.75) is 0 Å². The van der Waals surface area contributed by atoms with Crippen LogP contribution in [0, 0.1) is 0 Å². The maximum Gasteiger partial charge on any atom is 0.330 e. The van der Waals surface area contributed by atoms with Crippen LogP contribution in [0.5, 0.6) is 0 Å². The van der Waals surface area contributed by atoms with Crippen LogP contribution in [0.3, 0.4) is 0 Å². The molecule has 1 aliphatic heterocycles. The van der Waals surface area contributed by atoms with Crippen LogP contribution in [0.2, 0.25) is 5.02 Å². The van der Waals surface area contributed by atoms with E-state index in [1.165, 1.54) is 22.2 Å². The summed E-state index contributed by atoms with van der Waals surface area (Å²) in [4.78, 5) is 31.9. The molecule has 0 atom stereocenters. The maximum absolute atomic E-state index is 12.9. The van der Waals surface area contributed by atoms with Gasteiger partial charge in [-0.1, -0.05) is 23.7 Å². The van der Waals surface area contributed by atoms with Crippen LogP contribution in [0.25, 0.3) is 0 Å². The Morgan fingerprint density at radius 2 is 1.75 bits per heavy atom. The van der Waals surface area contributed by atoms with Gasteiger partial charge >= 0.3 is 6.03 Å². The van der Waals surface area contributed by atoms with Gasteiger partial charge in [-0.2, -0.15) is 4.68 Å². The molecule has 3 heterocycles. The van der Waals surface area contributed by atoms with Crippen LogP contribution in [0.4, 0.5) is 27.8 Å². The average molecular weight is 396 g/mol. The van der Waals surface area contributed by atoms with Crippen molar-refractivity contribution in [3.05, 3.63) is 59.4 Å². The van der Waals surface area contributed by atoms with Gasteiger partial charge in [0, 0.05) is 32.1 Å². The summed E-state index contributed by atoms with van der Waals surface area (Å²) in [5, 5.41) is 13.2.